The maximum absolute atomic E-state index is 13.8. The van der Waals surface area contributed by atoms with Crippen LogP contribution in [-0.2, 0) is 20.7 Å². The Labute approximate surface area is 196 Å². The van der Waals surface area contributed by atoms with Crippen LogP contribution in [0.15, 0.2) is 54.6 Å². The van der Waals surface area contributed by atoms with Gasteiger partial charge >= 0.3 is 5.97 Å². The lowest BCUT2D eigenvalue weighted by Crippen LogP contribution is -2.62. The molecule has 3 heterocycles. The van der Waals surface area contributed by atoms with E-state index in [9.17, 15) is 9.59 Å². The zero-order valence-electron chi connectivity index (χ0n) is 19.4. The number of amides is 1. The minimum atomic E-state index is -0.117. The van der Waals surface area contributed by atoms with E-state index < -0.39 is 0 Å². The molecule has 174 valence electrons. The molecule has 6 heteroatoms. The number of piperidine rings is 1. The molecule has 0 unspecified atom stereocenters. The molecule has 5 rings (SSSR count). The molecule has 0 aliphatic carbocycles. The van der Waals surface area contributed by atoms with Crippen LogP contribution in [0.25, 0.3) is 0 Å². The molecule has 2 fully saturated rings. The van der Waals surface area contributed by atoms with Crippen LogP contribution in [0.4, 0.5) is 11.4 Å². The number of para-hydroxylation sites is 2. The lowest BCUT2D eigenvalue weighted by Gasteiger charge is -2.50. The molecule has 0 aromatic heterocycles. The average molecular weight is 448 g/mol. The van der Waals surface area contributed by atoms with Crippen molar-refractivity contribution in [1.29, 1.82) is 0 Å². The zero-order valence-corrected chi connectivity index (χ0v) is 19.4. The van der Waals surface area contributed by atoms with E-state index in [0.717, 1.165) is 26.1 Å². The van der Waals surface area contributed by atoms with Crippen LogP contribution in [0.3, 0.4) is 0 Å². The molecule has 2 aromatic carbocycles. The van der Waals surface area contributed by atoms with E-state index in [2.05, 4.69) is 58.3 Å². The van der Waals surface area contributed by atoms with Gasteiger partial charge in [-0.15, -0.1) is 0 Å². The lowest BCUT2D eigenvalue weighted by molar-refractivity contribution is -0.152. The first-order valence-electron chi connectivity index (χ1n) is 12.3. The van der Waals surface area contributed by atoms with Crippen LogP contribution in [0.5, 0.6) is 0 Å². The van der Waals surface area contributed by atoms with Crippen LogP contribution in [0, 0.1) is 11.8 Å². The van der Waals surface area contributed by atoms with Gasteiger partial charge in [-0.1, -0.05) is 36.4 Å². The first-order valence-corrected chi connectivity index (χ1v) is 12.3. The monoisotopic (exact) mass is 447 g/mol. The number of piperazine rings is 1. The Hall–Kier alpha value is -3.02. The molecular weight excluding hydrogens is 414 g/mol. The summed E-state index contributed by atoms with van der Waals surface area (Å²) in [6.07, 6.45) is 2.16. The molecule has 1 amide bonds. The van der Waals surface area contributed by atoms with Crippen molar-refractivity contribution in [2.24, 2.45) is 11.8 Å². The highest BCUT2D eigenvalue weighted by atomic mass is 16.5. The van der Waals surface area contributed by atoms with Crippen molar-refractivity contribution in [1.82, 2.24) is 4.90 Å². The van der Waals surface area contributed by atoms with Crippen molar-refractivity contribution < 1.29 is 14.3 Å². The Balaban J connectivity index is 1.35. The van der Waals surface area contributed by atoms with Gasteiger partial charge in [0.2, 0.25) is 5.91 Å². The molecule has 3 aliphatic rings. The van der Waals surface area contributed by atoms with Gasteiger partial charge in [-0.3, -0.25) is 9.59 Å². The summed E-state index contributed by atoms with van der Waals surface area (Å²) >= 11 is 0. The fraction of sp³-hybridized carbons (Fsp3) is 0.481. The molecule has 0 saturated carbocycles. The van der Waals surface area contributed by atoms with E-state index in [1.807, 2.05) is 17.9 Å². The molecule has 0 radical (unpaired) electrons. The predicted octanol–water partition coefficient (Wildman–Crippen LogP) is 3.36. The molecule has 0 spiro atoms. The molecule has 2 saturated heterocycles. The Morgan fingerprint density at radius 3 is 2.42 bits per heavy atom. The molecule has 33 heavy (non-hydrogen) atoms. The fourth-order valence-electron chi connectivity index (χ4n) is 5.75. The van der Waals surface area contributed by atoms with E-state index in [1.165, 1.54) is 16.9 Å². The molecule has 6 nitrogen and oxygen atoms in total. The Morgan fingerprint density at radius 2 is 1.67 bits per heavy atom. The summed E-state index contributed by atoms with van der Waals surface area (Å²) in [4.78, 5) is 32.8. The van der Waals surface area contributed by atoms with Crippen LogP contribution in [-0.4, -0.2) is 62.1 Å². The Kier molecular flexibility index (Phi) is 6.25. The van der Waals surface area contributed by atoms with E-state index in [4.69, 9.17) is 4.74 Å². The first kappa shape index (κ1) is 21.8. The van der Waals surface area contributed by atoms with Gasteiger partial charge < -0.3 is 19.4 Å². The number of likely N-dealkylation sites (tertiary alicyclic amines) is 1. The Bertz CT molecular complexity index is 987. The third-order valence-electron chi connectivity index (χ3n) is 7.49. The summed E-state index contributed by atoms with van der Waals surface area (Å²) in [5, 5.41) is 0. The molecule has 2 aromatic rings. The van der Waals surface area contributed by atoms with Crippen LogP contribution >= 0.6 is 0 Å². The third kappa shape index (κ3) is 4.31. The van der Waals surface area contributed by atoms with Gasteiger partial charge in [0.15, 0.2) is 0 Å². The highest BCUT2D eigenvalue weighted by Gasteiger charge is 2.43. The topological polar surface area (TPSA) is 53.1 Å². The van der Waals surface area contributed by atoms with Gasteiger partial charge in [-0.05, 0) is 49.9 Å². The summed E-state index contributed by atoms with van der Waals surface area (Å²) in [5.41, 5.74) is 3.76. The number of hydrogen-bond acceptors (Lipinski definition) is 5. The first-order chi connectivity index (χ1) is 16.2. The largest absolute Gasteiger partial charge is 0.466 e. The van der Waals surface area contributed by atoms with E-state index >= 15 is 0 Å². The molecule has 0 bridgehead atoms. The Morgan fingerprint density at radius 1 is 0.939 bits per heavy atom. The van der Waals surface area contributed by atoms with Crippen LogP contribution in [0.1, 0.15) is 25.3 Å². The quantitative estimate of drug-likeness (QED) is 0.673. The zero-order chi connectivity index (χ0) is 22.8. The molecule has 3 aliphatic heterocycles. The number of hydrogen-bond donors (Lipinski definition) is 0. The smallest absolute Gasteiger partial charge is 0.309 e. The number of carbonyl (C=O) groups excluding carboxylic acids is 2. The van der Waals surface area contributed by atoms with Gasteiger partial charge in [-0.2, -0.15) is 0 Å². The van der Waals surface area contributed by atoms with Crippen molar-refractivity contribution in [3.63, 3.8) is 0 Å². The maximum Gasteiger partial charge on any atom is 0.309 e. The van der Waals surface area contributed by atoms with Crippen molar-refractivity contribution in [3.8, 4) is 0 Å². The fourth-order valence-corrected chi connectivity index (χ4v) is 5.75. The van der Waals surface area contributed by atoms with Crippen molar-refractivity contribution in [3.05, 3.63) is 60.2 Å². The van der Waals surface area contributed by atoms with Gasteiger partial charge in [0, 0.05) is 44.1 Å². The number of esters is 1. The SMILES string of the molecule is CCOC(=O)C1CCN(C(=O)[C@H]2Cc3ccccc3N3CCN(c4ccccc4)C[C@H]23)CC1. The summed E-state index contributed by atoms with van der Waals surface area (Å²) in [6, 6.07) is 19.2. The average Bonchev–Trinajstić information content (AvgIpc) is 2.88. The number of nitrogens with zero attached hydrogens (tertiary/aromatic N) is 3. The minimum absolute atomic E-state index is 0.0782. The highest BCUT2D eigenvalue weighted by Crippen LogP contribution is 2.38. The van der Waals surface area contributed by atoms with Gasteiger partial charge in [-0.25, -0.2) is 0 Å². The number of anilines is 2. The van der Waals surface area contributed by atoms with Crippen molar-refractivity contribution in [2.75, 3.05) is 49.1 Å². The third-order valence-corrected chi connectivity index (χ3v) is 7.49. The summed E-state index contributed by atoms with van der Waals surface area (Å²) in [6.45, 7) is 6.21. The minimum Gasteiger partial charge on any atom is -0.466 e. The number of benzene rings is 2. The van der Waals surface area contributed by atoms with Crippen LogP contribution < -0.4 is 9.80 Å². The standard InChI is InChI=1S/C27H33N3O3/c1-2-33-27(32)20-12-14-28(15-13-20)26(31)23-18-21-8-6-7-11-24(21)30-17-16-29(19-25(23)30)22-9-4-3-5-10-22/h3-11,20,23,25H,2,12-19H2,1H3/t23-,25+/m0/s1. The number of ether oxygens (including phenoxy) is 1. The second-order valence-electron chi connectivity index (χ2n) is 9.33. The predicted molar refractivity (Wildman–Crippen MR) is 129 cm³/mol. The van der Waals surface area contributed by atoms with Crippen LogP contribution in [0.2, 0.25) is 0 Å². The van der Waals surface area contributed by atoms with E-state index in [0.29, 0.717) is 32.5 Å². The lowest BCUT2D eigenvalue weighted by atomic mass is 9.82. The van der Waals surface area contributed by atoms with Gasteiger partial charge in [0.1, 0.15) is 0 Å². The van der Waals surface area contributed by atoms with Crippen molar-refractivity contribution in [2.45, 2.75) is 32.2 Å². The molecule has 2 atom stereocenters. The normalized spacial score (nSPS) is 23.0. The maximum atomic E-state index is 13.8. The number of rotatable bonds is 4. The molecule has 0 N–H and O–H groups in total. The van der Waals surface area contributed by atoms with Gasteiger partial charge in [0.05, 0.1) is 24.5 Å². The molecular formula is C27H33N3O3. The summed E-state index contributed by atoms with van der Waals surface area (Å²) < 4.78 is 5.20. The number of fused-ring (bicyclic) bond motifs is 3. The van der Waals surface area contributed by atoms with Gasteiger partial charge in [0.25, 0.3) is 0 Å². The second kappa shape index (κ2) is 9.46. The van der Waals surface area contributed by atoms with Crippen molar-refractivity contribution >= 4 is 23.3 Å². The second-order valence-corrected chi connectivity index (χ2v) is 9.33. The summed E-state index contributed by atoms with van der Waals surface area (Å²) in [5.74, 6) is -0.0451. The van der Waals surface area contributed by atoms with E-state index in [-0.39, 0.29) is 29.8 Å². The number of carbonyl (C=O) groups is 2. The highest BCUT2D eigenvalue weighted by molar-refractivity contribution is 5.83. The van der Waals surface area contributed by atoms with E-state index in [1.54, 1.807) is 0 Å². The summed E-state index contributed by atoms with van der Waals surface area (Å²) in [7, 11) is 0.